The van der Waals surface area contributed by atoms with Crippen molar-refractivity contribution in [2.45, 2.75) is 25.3 Å². The molecule has 1 fully saturated rings. The largest absolute Gasteiger partial charge is 0.411 e. The quantitative estimate of drug-likeness (QED) is 0.300. The summed E-state index contributed by atoms with van der Waals surface area (Å²) in [4.78, 5) is 2.27. The molecule has 1 atom stereocenters. The molecule has 0 bridgehead atoms. The number of rotatable bonds is 3. The molecule has 0 amide bonds. The fourth-order valence-corrected chi connectivity index (χ4v) is 1.66. The molecule has 1 unspecified atom stereocenters. The van der Waals surface area contributed by atoms with Crippen LogP contribution in [0.2, 0.25) is 0 Å². The first-order valence-electron chi connectivity index (χ1n) is 4.41. The molecule has 1 rings (SSSR count). The van der Waals surface area contributed by atoms with Crippen molar-refractivity contribution in [2.24, 2.45) is 5.16 Å². The van der Waals surface area contributed by atoms with E-state index in [1.165, 1.54) is 12.8 Å². The summed E-state index contributed by atoms with van der Waals surface area (Å²) in [6.45, 7) is 5.67. The Morgan fingerprint density at radius 2 is 2.42 bits per heavy atom. The van der Waals surface area contributed by atoms with Crippen molar-refractivity contribution in [2.75, 3.05) is 13.1 Å². The van der Waals surface area contributed by atoms with Gasteiger partial charge in [0.2, 0.25) is 0 Å². The molecule has 1 N–H and O–H groups in total. The van der Waals surface area contributed by atoms with Crippen molar-refractivity contribution in [1.29, 1.82) is 0 Å². The van der Waals surface area contributed by atoms with Crippen LogP contribution in [0.25, 0.3) is 0 Å². The molecule has 0 aliphatic carbocycles. The Morgan fingerprint density at radius 3 is 3.08 bits per heavy atom. The molecule has 3 nitrogen and oxygen atoms in total. The van der Waals surface area contributed by atoms with E-state index in [1.807, 2.05) is 6.08 Å². The number of hydrogen-bond donors (Lipinski definition) is 1. The molecule has 12 heavy (non-hydrogen) atoms. The molecule has 0 spiro atoms. The monoisotopic (exact) mass is 168 g/mol. The molecule has 1 saturated heterocycles. The minimum Gasteiger partial charge on any atom is -0.411 e. The summed E-state index contributed by atoms with van der Waals surface area (Å²) < 4.78 is 0. The summed E-state index contributed by atoms with van der Waals surface area (Å²) >= 11 is 0. The highest BCUT2D eigenvalue weighted by molar-refractivity contribution is 5.63. The minimum atomic E-state index is 0.307. The van der Waals surface area contributed by atoms with E-state index in [0.717, 1.165) is 19.5 Å². The second-order valence-electron chi connectivity index (χ2n) is 3.11. The van der Waals surface area contributed by atoms with Gasteiger partial charge >= 0.3 is 0 Å². The van der Waals surface area contributed by atoms with E-state index >= 15 is 0 Å². The molecular weight excluding hydrogens is 152 g/mol. The van der Waals surface area contributed by atoms with Crippen LogP contribution in [-0.2, 0) is 0 Å². The van der Waals surface area contributed by atoms with Gasteiger partial charge < -0.3 is 5.21 Å². The van der Waals surface area contributed by atoms with Crippen LogP contribution >= 0.6 is 0 Å². The summed E-state index contributed by atoms with van der Waals surface area (Å²) in [6.07, 6.45) is 7.07. The molecule has 68 valence electrons. The third-order valence-corrected chi connectivity index (χ3v) is 2.27. The van der Waals surface area contributed by atoms with E-state index in [0.29, 0.717) is 6.04 Å². The highest BCUT2D eigenvalue weighted by atomic mass is 16.4. The third-order valence-electron chi connectivity index (χ3n) is 2.27. The molecule has 0 aromatic rings. The molecule has 0 aromatic carbocycles. The van der Waals surface area contributed by atoms with E-state index in [1.54, 1.807) is 6.21 Å². The zero-order valence-electron chi connectivity index (χ0n) is 7.32. The molecule has 1 aliphatic rings. The molecular formula is C9H16N2O. The Bertz CT molecular complexity index is 168. The summed E-state index contributed by atoms with van der Waals surface area (Å²) in [6, 6.07) is 0.307. The fourth-order valence-electron chi connectivity index (χ4n) is 1.66. The highest BCUT2D eigenvalue weighted by Gasteiger charge is 2.19. The van der Waals surface area contributed by atoms with Crippen LogP contribution in [-0.4, -0.2) is 35.5 Å². The number of nitrogens with zero attached hydrogens (tertiary/aromatic N) is 2. The summed E-state index contributed by atoms with van der Waals surface area (Å²) in [5.74, 6) is 0. The second-order valence-corrected chi connectivity index (χ2v) is 3.11. The van der Waals surface area contributed by atoms with Gasteiger partial charge in [0.15, 0.2) is 0 Å². The fraction of sp³-hybridized carbons (Fsp3) is 0.667. The number of oxime groups is 1. The van der Waals surface area contributed by atoms with Crippen LogP contribution < -0.4 is 0 Å². The van der Waals surface area contributed by atoms with Gasteiger partial charge in [-0.1, -0.05) is 12.5 Å². The Kier molecular flexibility index (Phi) is 3.80. The van der Waals surface area contributed by atoms with Crippen LogP contribution in [0, 0.1) is 0 Å². The SMILES string of the molecule is C=CCN1CCCCC1/C=N/O. The third kappa shape index (κ3) is 2.34. The lowest BCUT2D eigenvalue weighted by Gasteiger charge is -2.31. The number of likely N-dealkylation sites (tertiary alicyclic amines) is 1. The van der Waals surface area contributed by atoms with Gasteiger partial charge in [0.05, 0.1) is 6.21 Å². The van der Waals surface area contributed by atoms with Crippen LogP contribution in [0.5, 0.6) is 0 Å². The normalized spacial score (nSPS) is 26.2. The van der Waals surface area contributed by atoms with Crippen LogP contribution in [0.4, 0.5) is 0 Å². The highest BCUT2D eigenvalue weighted by Crippen LogP contribution is 2.14. The Balaban J connectivity index is 2.47. The van der Waals surface area contributed by atoms with Crippen molar-refractivity contribution < 1.29 is 5.21 Å². The maximum absolute atomic E-state index is 8.42. The van der Waals surface area contributed by atoms with E-state index in [4.69, 9.17) is 5.21 Å². The lowest BCUT2D eigenvalue weighted by Crippen LogP contribution is -2.40. The molecule has 0 radical (unpaired) electrons. The van der Waals surface area contributed by atoms with Gasteiger partial charge in [0, 0.05) is 12.6 Å². The Hall–Kier alpha value is -0.830. The number of hydrogen-bond acceptors (Lipinski definition) is 3. The van der Waals surface area contributed by atoms with Crippen molar-refractivity contribution in [1.82, 2.24) is 4.90 Å². The van der Waals surface area contributed by atoms with Gasteiger partial charge in [-0.2, -0.15) is 0 Å². The molecule has 3 heteroatoms. The zero-order chi connectivity index (χ0) is 8.81. The molecule has 1 heterocycles. The van der Waals surface area contributed by atoms with Crippen molar-refractivity contribution >= 4 is 6.21 Å². The Morgan fingerprint density at radius 1 is 1.58 bits per heavy atom. The molecule has 1 aliphatic heterocycles. The summed E-state index contributed by atoms with van der Waals surface area (Å²) in [5, 5.41) is 11.5. The van der Waals surface area contributed by atoms with E-state index in [2.05, 4.69) is 16.6 Å². The van der Waals surface area contributed by atoms with Crippen LogP contribution in [0.3, 0.4) is 0 Å². The molecule has 0 saturated carbocycles. The first-order valence-corrected chi connectivity index (χ1v) is 4.41. The van der Waals surface area contributed by atoms with Crippen LogP contribution in [0.1, 0.15) is 19.3 Å². The lowest BCUT2D eigenvalue weighted by molar-refractivity contribution is 0.210. The average molecular weight is 168 g/mol. The lowest BCUT2D eigenvalue weighted by atomic mass is 10.0. The van der Waals surface area contributed by atoms with E-state index < -0.39 is 0 Å². The second kappa shape index (κ2) is 4.93. The average Bonchev–Trinajstić information content (AvgIpc) is 2.09. The van der Waals surface area contributed by atoms with E-state index in [9.17, 15) is 0 Å². The zero-order valence-corrected chi connectivity index (χ0v) is 7.32. The topological polar surface area (TPSA) is 35.8 Å². The molecule has 0 aromatic heterocycles. The van der Waals surface area contributed by atoms with Gasteiger partial charge in [-0.3, -0.25) is 4.90 Å². The van der Waals surface area contributed by atoms with Gasteiger partial charge in [-0.15, -0.1) is 11.7 Å². The van der Waals surface area contributed by atoms with Crippen molar-refractivity contribution in [3.05, 3.63) is 12.7 Å². The minimum absolute atomic E-state index is 0.307. The van der Waals surface area contributed by atoms with Gasteiger partial charge in [-0.05, 0) is 19.4 Å². The standard InChI is InChI=1S/C9H16N2O/c1-2-6-11-7-4-3-5-9(11)8-10-12/h2,8-9,12H,1,3-7H2/b10-8+. The van der Waals surface area contributed by atoms with Gasteiger partial charge in [0.25, 0.3) is 0 Å². The summed E-state index contributed by atoms with van der Waals surface area (Å²) in [5.41, 5.74) is 0. The number of piperidine rings is 1. The van der Waals surface area contributed by atoms with Gasteiger partial charge in [-0.25, -0.2) is 0 Å². The van der Waals surface area contributed by atoms with Crippen molar-refractivity contribution in [3.8, 4) is 0 Å². The predicted molar refractivity (Wildman–Crippen MR) is 49.7 cm³/mol. The van der Waals surface area contributed by atoms with E-state index in [-0.39, 0.29) is 0 Å². The summed E-state index contributed by atoms with van der Waals surface area (Å²) in [7, 11) is 0. The first kappa shape index (κ1) is 9.26. The van der Waals surface area contributed by atoms with Crippen LogP contribution in [0.15, 0.2) is 17.8 Å². The predicted octanol–water partition coefficient (Wildman–Crippen LogP) is 1.49. The van der Waals surface area contributed by atoms with Crippen molar-refractivity contribution in [3.63, 3.8) is 0 Å². The smallest absolute Gasteiger partial charge is 0.0607 e. The van der Waals surface area contributed by atoms with Gasteiger partial charge in [0.1, 0.15) is 0 Å². The first-order chi connectivity index (χ1) is 5.88. The maximum atomic E-state index is 8.42. The Labute approximate surface area is 73.4 Å². The maximum Gasteiger partial charge on any atom is 0.0607 e.